The highest BCUT2D eigenvalue weighted by atomic mass is 19.1. The Balaban J connectivity index is 2.02. The van der Waals surface area contributed by atoms with Crippen LogP contribution in [0.3, 0.4) is 0 Å². The number of hydrogen-bond donors (Lipinski definition) is 1. The molecule has 0 spiro atoms. The first-order chi connectivity index (χ1) is 15.4. The minimum atomic E-state index is -0.344. The summed E-state index contributed by atoms with van der Waals surface area (Å²) in [5, 5.41) is 7.61. The first-order valence-corrected chi connectivity index (χ1v) is 10.5. The van der Waals surface area contributed by atoms with E-state index in [1.807, 2.05) is 44.2 Å². The molecule has 0 fully saturated rings. The maximum Gasteiger partial charge on any atom is 0.317 e. The lowest BCUT2D eigenvalue weighted by Gasteiger charge is -2.24. The van der Waals surface area contributed by atoms with Crippen molar-refractivity contribution < 1.29 is 18.7 Å². The summed E-state index contributed by atoms with van der Waals surface area (Å²) in [6.45, 7) is 4.87. The van der Waals surface area contributed by atoms with E-state index in [1.54, 1.807) is 35.9 Å². The monoisotopic (exact) mass is 440 g/mol. The van der Waals surface area contributed by atoms with E-state index in [0.717, 1.165) is 11.1 Å². The van der Waals surface area contributed by atoms with Crippen molar-refractivity contribution in [1.29, 1.82) is 0 Å². The van der Waals surface area contributed by atoms with E-state index in [2.05, 4.69) is 10.4 Å². The van der Waals surface area contributed by atoms with E-state index in [0.29, 0.717) is 30.5 Å². The molecule has 0 aliphatic rings. The van der Waals surface area contributed by atoms with Crippen molar-refractivity contribution in [2.24, 2.45) is 7.05 Å². The summed E-state index contributed by atoms with van der Waals surface area (Å²) >= 11 is 0. The van der Waals surface area contributed by atoms with E-state index in [9.17, 15) is 9.18 Å². The molecule has 3 rings (SSSR count). The number of ether oxygens (including phenoxy) is 2. The van der Waals surface area contributed by atoms with Crippen LogP contribution in [0.15, 0.2) is 54.6 Å². The molecule has 2 aromatic carbocycles. The molecule has 0 unspecified atom stereocenters. The zero-order valence-electron chi connectivity index (χ0n) is 18.8. The van der Waals surface area contributed by atoms with Crippen molar-refractivity contribution in [3.63, 3.8) is 0 Å². The predicted octanol–water partition coefficient (Wildman–Crippen LogP) is 4.58. The minimum absolute atomic E-state index is 0.00928. The molecule has 0 aliphatic carbocycles. The first-order valence-electron chi connectivity index (χ1n) is 10.5. The molecule has 0 aliphatic heterocycles. The summed E-state index contributed by atoms with van der Waals surface area (Å²) in [5.41, 5.74) is 2.37. The van der Waals surface area contributed by atoms with Crippen molar-refractivity contribution in [3.05, 3.63) is 66.0 Å². The molecular formula is C24H29FN4O3. The van der Waals surface area contributed by atoms with Crippen LogP contribution in [0.4, 0.5) is 9.18 Å². The number of carbonyl (C=O) groups excluding carboxylic acids is 1. The number of nitrogens with zero attached hydrogens (tertiary/aromatic N) is 3. The summed E-state index contributed by atoms with van der Waals surface area (Å²) in [6.07, 6.45) is 0. The van der Waals surface area contributed by atoms with Gasteiger partial charge in [-0.3, -0.25) is 0 Å². The highest BCUT2D eigenvalue weighted by molar-refractivity contribution is 5.75. The maximum absolute atomic E-state index is 13.4. The summed E-state index contributed by atoms with van der Waals surface area (Å²) in [4.78, 5) is 14.5. The lowest BCUT2D eigenvalue weighted by Crippen LogP contribution is -2.44. The Morgan fingerprint density at radius 2 is 1.84 bits per heavy atom. The molecule has 2 amide bonds. The molecule has 3 aromatic rings. The second kappa shape index (κ2) is 10.8. The van der Waals surface area contributed by atoms with Crippen LogP contribution in [0.5, 0.6) is 11.6 Å². The first kappa shape index (κ1) is 23.3. The van der Waals surface area contributed by atoms with E-state index < -0.39 is 0 Å². The van der Waals surface area contributed by atoms with Gasteiger partial charge >= 0.3 is 6.03 Å². The number of rotatable bonds is 9. The molecule has 0 saturated carbocycles. The molecule has 7 nitrogen and oxygen atoms in total. The average Bonchev–Trinajstić information content (AvgIpc) is 3.07. The van der Waals surface area contributed by atoms with Crippen molar-refractivity contribution in [1.82, 2.24) is 20.0 Å². The number of carbonyl (C=O) groups is 1. The SMILES string of the molecule is COCCN(Cc1c(-c2ccccc2)nn(C)c1Oc1ccc(F)cc1)C(=O)NC(C)C. The normalized spacial score (nSPS) is 10.9. The Labute approximate surface area is 187 Å². The van der Waals surface area contributed by atoms with Gasteiger partial charge in [-0.05, 0) is 38.1 Å². The van der Waals surface area contributed by atoms with Crippen LogP contribution in [0.1, 0.15) is 19.4 Å². The van der Waals surface area contributed by atoms with Crippen molar-refractivity contribution in [2.45, 2.75) is 26.4 Å². The fourth-order valence-corrected chi connectivity index (χ4v) is 3.25. The number of benzene rings is 2. The Hall–Kier alpha value is -3.39. The van der Waals surface area contributed by atoms with Gasteiger partial charge in [-0.2, -0.15) is 5.10 Å². The van der Waals surface area contributed by atoms with E-state index in [4.69, 9.17) is 9.47 Å². The number of nitrogens with one attached hydrogen (secondary N) is 1. The zero-order chi connectivity index (χ0) is 23.1. The van der Waals surface area contributed by atoms with Crippen LogP contribution in [0.25, 0.3) is 11.3 Å². The van der Waals surface area contributed by atoms with Crippen molar-refractivity contribution in [2.75, 3.05) is 20.3 Å². The van der Waals surface area contributed by atoms with Gasteiger partial charge in [0.25, 0.3) is 0 Å². The van der Waals surface area contributed by atoms with Crippen LogP contribution in [-0.2, 0) is 18.3 Å². The van der Waals surface area contributed by atoms with Gasteiger partial charge in [0.1, 0.15) is 17.3 Å². The molecule has 0 radical (unpaired) electrons. The van der Waals surface area contributed by atoms with Crippen LogP contribution >= 0.6 is 0 Å². The van der Waals surface area contributed by atoms with Gasteiger partial charge in [0.15, 0.2) is 0 Å². The van der Waals surface area contributed by atoms with Crippen molar-refractivity contribution in [3.8, 4) is 22.9 Å². The Morgan fingerprint density at radius 1 is 1.16 bits per heavy atom. The van der Waals surface area contributed by atoms with Crippen LogP contribution in [0, 0.1) is 5.82 Å². The van der Waals surface area contributed by atoms with Gasteiger partial charge in [0, 0.05) is 32.3 Å². The number of aromatic nitrogens is 2. The molecule has 1 N–H and O–H groups in total. The highest BCUT2D eigenvalue weighted by Crippen LogP contribution is 2.34. The molecule has 8 heteroatoms. The second-order valence-corrected chi connectivity index (χ2v) is 7.70. The Morgan fingerprint density at radius 3 is 2.47 bits per heavy atom. The third-order valence-electron chi connectivity index (χ3n) is 4.78. The Bertz CT molecular complexity index is 1020. The van der Waals surface area contributed by atoms with Crippen LogP contribution < -0.4 is 10.1 Å². The van der Waals surface area contributed by atoms with Gasteiger partial charge in [0.2, 0.25) is 5.88 Å². The number of aryl methyl sites for hydroxylation is 1. The van der Waals surface area contributed by atoms with Crippen LogP contribution in [-0.4, -0.2) is 47.0 Å². The minimum Gasteiger partial charge on any atom is -0.439 e. The summed E-state index contributed by atoms with van der Waals surface area (Å²) in [5.74, 6) is 0.615. The van der Waals surface area contributed by atoms with Gasteiger partial charge in [-0.1, -0.05) is 30.3 Å². The van der Waals surface area contributed by atoms with Crippen LogP contribution in [0.2, 0.25) is 0 Å². The van der Waals surface area contributed by atoms with Crippen molar-refractivity contribution >= 4 is 6.03 Å². The summed E-state index contributed by atoms with van der Waals surface area (Å²) in [7, 11) is 3.38. The number of urea groups is 1. The molecule has 0 saturated heterocycles. The lowest BCUT2D eigenvalue weighted by atomic mass is 10.1. The topological polar surface area (TPSA) is 68.6 Å². The standard InChI is InChI=1S/C24H29FN4O3/c1-17(2)26-24(30)29(14-15-31-4)16-21-22(18-8-6-5-7-9-18)27-28(3)23(21)32-20-12-10-19(25)11-13-20/h5-13,17H,14-16H2,1-4H3,(H,26,30). The van der Waals surface area contributed by atoms with Gasteiger partial charge < -0.3 is 19.7 Å². The third-order valence-corrected chi connectivity index (χ3v) is 4.78. The number of methoxy groups -OCH3 is 1. The number of halogens is 1. The molecule has 32 heavy (non-hydrogen) atoms. The maximum atomic E-state index is 13.4. The highest BCUT2D eigenvalue weighted by Gasteiger charge is 2.24. The van der Waals surface area contributed by atoms with Gasteiger partial charge in [0.05, 0.1) is 18.7 Å². The second-order valence-electron chi connectivity index (χ2n) is 7.70. The smallest absolute Gasteiger partial charge is 0.317 e. The Kier molecular flexibility index (Phi) is 7.83. The van der Waals surface area contributed by atoms with E-state index in [1.165, 1.54) is 12.1 Å². The molecule has 0 bridgehead atoms. The molecule has 1 aromatic heterocycles. The quantitative estimate of drug-likeness (QED) is 0.529. The summed E-state index contributed by atoms with van der Waals surface area (Å²) in [6, 6.07) is 15.3. The zero-order valence-corrected chi connectivity index (χ0v) is 18.8. The van der Waals surface area contributed by atoms with E-state index >= 15 is 0 Å². The summed E-state index contributed by atoms with van der Waals surface area (Å²) < 4.78 is 26.3. The van der Waals surface area contributed by atoms with E-state index in [-0.39, 0.29) is 24.4 Å². The predicted molar refractivity (Wildman–Crippen MR) is 121 cm³/mol. The molecule has 0 atom stereocenters. The average molecular weight is 441 g/mol. The van der Waals surface area contributed by atoms with Gasteiger partial charge in [-0.25, -0.2) is 13.9 Å². The molecule has 1 heterocycles. The lowest BCUT2D eigenvalue weighted by molar-refractivity contribution is 0.145. The molecular weight excluding hydrogens is 411 g/mol. The molecule has 170 valence electrons. The van der Waals surface area contributed by atoms with Gasteiger partial charge in [-0.15, -0.1) is 0 Å². The number of amides is 2. The third kappa shape index (κ3) is 5.85. The largest absolute Gasteiger partial charge is 0.439 e. The fraction of sp³-hybridized carbons (Fsp3) is 0.333. The number of hydrogen-bond acceptors (Lipinski definition) is 4. The fourth-order valence-electron chi connectivity index (χ4n) is 3.25.